The predicted octanol–water partition coefficient (Wildman–Crippen LogP) is 4.38. The van der Waals surface area contributed by atoms with Gasteiger partial charge in [0.2, 0.25) is 11.8 Å². The lowest BCUT2D eigenvalue weighted by Crippen LogP contribution is -2.46. The quantitative estimate of drug-likeness (QED) is 0.729. The van der Waals surface area contributed by atoms with Gasteiger partial charge in [0, 0.05) is 32.6 Å². The van der Waals surface area contributed by atoms with E-state index in [0.29, 0.717) is 36.1 Å². The fourth-order valence-electron chi connectivity index (χ4n) is 3.24. The molecule has 1 heterocycles. The second kappa shape index (κ2) is 9.44. The van der Waals surface area contributed by atoms with Gasteiger partial charge in [0.15, 0.2) is 0 Å². The van der Waals surface area contributed by atoms with Gasteiger partial charge in [-0.25, -0.2) is 0 Å². The number of likely N-dealkylation sites (tertiary alicyclic amines) is 1. The van der Waals surface area contributed by atoms with Gasteiger partial charge in [-0.1, -0.05) is 36.2 Å². The summed E-state index contributed by atoms with van der Waals surface area (Å²) in [6, 6.07) is 5.45. The maximum absolute atomic E-state index is 12.9. The average Bonchev–Trinajstić information content (AvgIpc) is 2.62. The summed E-state index contributed by atoms with van der Waals surface area (Å²) in [6.07, 6.45) is 3.12. The molecule has 2 rings (SSSR count). The molecule has 0 aliphatic carbocycles. The van der Waals surface area contributed by atoms with Crippen LogP contribution in [0.4, 0.5) is 0 Å². The molecule has 6 heteroatoms. The van der Waals surface area contributed by atoms with E-state index in [2.05, 4.69) is 0 Å². The fourth-order valence-corrected chi connectivity index (χ4v) is 3.56. The van der Waals surface area contributed by atoms with Crippen LogP contribution in [0.1, 0.15) is 45.1 Å². The zero-order valence-corrected chi connectivity index (χ0v) is 16.4. The molecule has 1 saturated heterocycles. The molecule has 1 fully saturated rings. The number of hydrogen-bond donors (Lipinski definition) is 0. The Morgan fingerprint density at radius 1 is 1.24 bits per heavy atom. The minimum atomic E-state index is -0.114. The van der Waals surface area contributed by atoms with Crippen LogP contribution >= 0.6 is 23.2 Å². The molecule has 0 radical (unpaired) electrons. The smallest absolute Gasteiger partial charge is 0.227 e. The molecule has 0 N–H and O–H groups in total. The number of halogens is 2. The van der Waals surface area contributed by atoms with Crippen LogP contribution < -0.4 is 0 Å². The summed E-state index contributed by atoms with van der Waals surface area (Å²) >= 11 is 12.0. The van der Waals surface area contributed by atoms with Crippen molar-refractivity contribution in [3.8, 4) is 0 Å². The maximum atomic E-state index is 12.9. The average molecular weight is 385 g/mol. The van der Waals surface area contributed by atoms with Gasteiger partial charge in [-0.3, -0.25) is 9.59 Å². The van der Waals surface area contributed by atoms with Gasteiger partial charge in [-0.05, 0) is 43.9 Å². The Balaban J connectivity index is 2.02. The van der Waals surface area contributed by atoms with E-state index >= 15 is 0 Å². The topological polar surface area (TPSA) is 40.6 Å². The van der Waals surface area contributed by atoms with E-state index in [-0.39, 0.29) is 17.7 Å². The van der Waals surface area contributed by atoms with Crippen LogP contribution in [0.5, 0.6) is 0 Å². The predicted molar refractivity (Wildman–Crippen MR) is 102 cm³/mol. The largest absolute Gasteiger partial charge is 0.342 e. The summed E-state index contributed by atoms with van der Waals surface area (Å²) in [7, 11) is 0. The van der Waals surface area contributed by atoms with Crippen molar-refractivity contribution in [2.75, 3.05) is 19.6 Å². The summed E-state index contributed by atoms with van der Waals surface area (Å²) in [5.74, 6) is 0.160. The van der Waals surface area contributed by atoms with E-state index in [4.69, 9.17) is 23.2 Å². The molecule has 4 nitrogen and oxygen atoms in total. The van der Waals surface area contributed by atoms with Crippen LogP contribution in [0, 0.1) is 5.92 Å². The second-order valence-electron chi connectivity index (χ2n) is 6.53. The number of carbonyl (C=O) groups excluding carboxylic acids is 2. The van der Waals surface area contributed by atoms with E-state index in [1.165, 1.54) is 0 Å². The third kappa shape index (κ3) is 5.35. The Labute approximate surface area is 160 Å². The molecular formula is C19H26Cl2N2O2. The first-order chi connectivity index (χ1) is 12.0. The Morgan fingerprint density at radius 3 is 2.64 bits per heavy atom. The number of amides is 2. The molecule has 1 aliphatic heterocycles. The van der Waals surface area contributed by atoms with Gasteiger partial charge in [-0.15, -0.1) is 0 Å². The maximum Gasteiger partial charge on any atom is 0.227 e. The first kappa shape index (κ1) is 20.1. The Hall–Kier alpha value is -1.26. The van der Waals surface area contributed by atoms with Crippen molar-refractivity contribution < 1.29 is 9.59 Å². The van der Waals surface area contributed by atoms with Crippen molar-refractivity contribution in [1.82, 2.24) is 9.80 Å². The number of carbonyl (C=O) groups is 2. The monoisotopic (exact) mass is 384 g/mol. The lowest BCUT2D eigenvalue weighted by molar-refractivity contribution is -0.141. The van der Waals surface area contributed by atoms with Gasteiger partial charge >= 0.3 is 0 Å². The number of rotatable bonds is 6. The van der Waals surface area contributed by atoms with Gasteiger partial charge in [-0.2, -0.15) is 0 Å². The SMILES string of the molecule is CCCC(=O)N1CCCC(C(=O)N(CC)Cc2ccc(Cl)c(Cl)c2)C1. The summed E-state index contributed by atoms with van der Waals surface area (Å²) < 4.78 is 0. The van der Waals surface area contributed by atoms with Crippen molar-refractivity contribution in [2.45, 2.75) is 46.1 Å². The number of hydrogen-bond acceptors (Lipinski definition) is 2. The van der Waals surface area contributed by atoms with Gasteiger partial charge in [0.1, 0.15) is 0 Å². The molecule has 0 bridgehead atoms. The normalized spacial score (nSPS) is 17.4. The highest BCUT2D eigenvalue weighted by atomic mass is 35.5. The molecule has 1 atom stereocenters. The fraction of sp³-hybridized carbons (Fsp3) is 0.579. The molecule has 1 aromatic rings. The van der Waals surface area contributed by atoms with Crippen LogP contribution in [0.15, 0.2) is 18.2 Å². The Morgan fingerprint density at radius 2 is 2.00 bits per heavy atom. The molecule has 1 aliphatic rings. The summed E-state index contributed by atoms with van der Waals surface area (Å²) in [5.41, 5.74) is 0.958. The molecule has 0 spiro atoms. The Bertz CT molecular complexity index is 621. The zero-order chi connectivity index (χ0) is 18.4. The highest BCUT2D eigenvalue weighted by Gasteiger charge is 2.30. The minimum absolute atomic E-state index is 0.113. The van der Waals surface area contributed by atoms with Crippen molar-refractivity contribution in [3.63, 3.8) is 0 Å². The standard InChI is InChI=1S/C19H26Cl2N2O2/c1-3-6-18(24)23-10-5-7-15(13-23)19(25)22(4-2)12-14-8-9-16(20)17(21)11-14/h8-9,11,15H,3-7,10,12-13H2,1-2H3. The van der Waals surface area contributed by atoms with Crippen molar-refractivity contribution >= 4 is 35.0 Å². The second-order valence-corrected chi connectivity index (χ2v) is 7.34. The first-order valence-corrected chi connectivity index (χ1v) is 9.72. The third-order valence-corrected chi connectivity index (χ3v) is 5.38. The molecule has 1 unspecified atom stereocenters. The first-order valence-electron chi connectivity index (χ1n) is 8.96. The zero-order valence-electron chi connectivity index (χ0n) is 14.9. The summed E-state index contributed by atoms with van der Waals surface area (Å²) in [5, 5.41) is 1.01. The van der Waals surface area contributed by atoms with Gasteiger partial charge < -0.3 is 9.80 Å². The number of nitrogens with zero attached hydrogens (tertiary/aromatic N) is 2. The van der Waals surface area contributed by atoms with E-state index < -0.39 is 0 Å². The van der Waals surface area contributed by atoms with Crippen LogP contribution in [0.25, 0.3) is 0 Å². The van der Waals surface area contributed by atoms with E-state index in [9.17, 15) is 9.59 Å². The van der Waals surface area contributed by atoms with Crippen molar-refractivity contribution in [2.24, 2.45) is 5.92 Å². The number of piperidine rings is 1. The van der Waals surface area contributed by atoms with Gasteiger partial charge in [0.05, 0.1) is 16.0 Å². The molecule has 2 amide bonds. The molecular weight excluding hydrogens is 359 g/mol. The van der Waals surface area contributed by atoms with E-state index in [0.717, 1.165) is 31.4 Å². The van der Waals surface area contributed by atoms with Crippen LogP contribution in [0.3, 0.4) is 0 Å². The lowest BCUT2D eigenvalue weighted by Gasteiger charge is -2.35. The van der Waals surface area contributed by atoms with Gasteiger partial charge in [0.25, 0.3) is 0 Å². The number of benzene rings is 1. The van der Waals surface area contributed by atoms with Crippen LogP contribution in [0.2, 0.25) is 10.0 Å². The highest BCUT2D eigenvalue weighted by molar-refractivity contribution is 6.42. The molecule has 138 valence electrons. The Kier molecular flexibility index (Phi) is 7.57. The summed E-state index contributed by atoms with van der Waals surface area (Å²) in [6.45, 7) is 6.40. The third-order valence-electron chi connectivity index (χ3n) is 4.64. The van der Waals surface area contributed by atoms with Crippen LogP contribution in [-0.4, -0.2) is 41.2 Å². The van der Waals surface area contributed by atoms with Crippen LogP contribution in [-0.2, 0) is 16.1 Å². The lowest BCUT2D eigenvalue weighted by atomic mass is 9.96. The minimum Gasteiger partial charge on any atom is -0.342 e. The molecule has 25 heavy (non-hydrogen) atoms. The molecule has 0 aromatic heterocycles. The van der Waals surface area contributed by atoms with Crippen molar-refractivity contribution in [3.05, 3.63) is 33.8 Å². The molecule has 0 saturated carbocycles. The van der Waals surface area contributed by atoms with E-state index in [1.807, 2.05) is 29.7 Å². The summed E-state index contributed by atoms with van der Waals surface area (Å²) in [4.78, 5) is 28.8. The van der Waals surface area contributed by atoms with E-state index in [1.54, 1.807) is 12.1 Å². The van der Waals surface area contributed by atoms with Crippen molar-refractivity contribution in [1.29, 1.82) is 0 Å². The molecule has 1 aromatic carbocycles. The highest BCUT2D eigenvalue weighted by Crippen LogP contribution is 2.25.